The summed E-state index contributed by atoms with van der Waals surface area (Å²) in [7, 11) is 0. The molecule has 0 spiro atoms. The summed E-state index contributed by atoms with van der Waals surface area (Å²) in [6.07, 6.45) is 3.81. The number of aryl methyl sites for hydroxylation is 1. The number of benzene rings is 2. The van der Waals surface area contributed by atoms with E-state index in [1.807, 2.05) is 36.4 Å². The third-order valence-electron chi connectivity index (χ3n) is 4.22. The van der Waals surface area contributed by atoms with E-state index < -0.39 is 5.97 Å². The largest absolute Gasteiger partial charge is 0.481 e. The van der Waals surface area contributed by atoms with Crippen molar-refractivity contribution < 1.29 is 9.90 Å². The van der Waals surface area contributed by atoms with Crippen LogP contribution in [-0.4, -0.2) is 11.1 Å². The molecule has 2 unspecified atom stereocenters. The summed E-state index contributed by atoms with van der Waals surface area (Å²) in [5.74, 6) is -0.576. The summed E-state index contributed by atoms with van der Waals surface area (Å²) >= 11 is 0. The molecule has 0 fully saturated rings. The molecule has 0 aliphatic rings. The van der Waals surface area contributed by atoms with Crippen molar-refractivity contribution in [1.82, 2.24) is 0 Å². The minimum Gasteiger partial charge on any atom is -0.481 e. The first-order valence-corrected chi connectivity index (χ1v) is 7.98. The molecule has 0 saturated heterocycles. The zero-order valence-corrected chi connectivity index (χ0v) is 13.1. The number of carboxylic acid groups (broad SMARTS) is 1. The predicted molar refractivity (Wildman–Crippen MR) is 90.0 cm³/mol. The second kappa shape index (κ2) is 8.38. The molecule has 2 aromatic rings. The normalized spacial score (nSPS) is 13.5. The smallest absolute Gasteiger partial charge is 0.310 e. The Kier molecular flexibility index (Phi) is 6.20. The van der Waals surface area contributed by atoms with Crippen molar-refractivity contribution in [3.63, 3.8) is 0 Å². The number of hydrogen-bond donors (Lipinski definition) is 1. The number of carbonyl (C=O) groups is 1. The van der Waals surface area contributed by atoms with E-state index in [9.17, 15) is 9.90 Å². The second-order valence-electron chi connectivity index (χ2n) is 6.01. The van der Waals surface area contributed by atoms with E-state index in [1.165, 1.54) is 5.56 Å². The molecule has 0 amide bonds. The molecule has 2 rings (SSSR count). The van der Waals surface area contributed by atoms with Crippen LogP contribution in [0.5, 0.6) is 0 Å². The minimum absolute atomic E-state index is 0.389. The van der Waals surface area contributed by atoms with Crippen molar-refractivity contribution in [2.45, 2.75) is 38.5 Å². The highest BCUT2D eigenvalue weighted by Crippen LogP contribution is 2.25. The Morgan fingerprint density at radius 3 is 2.09 bits per heavy atom. The van der Waals surface area contributed by atoms with Gasteiger partial charge in [-0.2, -0.15) is 0 Å². The molecule has 0 bridgehead atoms. The lowest BCUT2D eigenvalue weighted by Gasteiger charge is -2.16. The van der Waals surface area contributed by atoms with Gasteiger partial charge in [0.25, 0.3) is 0 Å². The second-order valence-corrected chi connectivity index (χ2v) is 6.01. The average Bonchev–Trinajstić information content (AvgIpc) is 2.55. The molecule has 1 N–H and O–H groups in total. The van der Waals surface area contributed by atoms with Crippen LogP contribution in [0.1, 0.15) is 43.2 Å². The van der Waals surface area contributed by atoms with Gasteiger partial charge in [0.05, 0.1) is 5.92 Å². The molecule has 0 aromatic heterocycles. The maximum Gasteiger partial charge on any atom is 0.310 e. The number of hydrogen-bond acceptors (Lipinski definition) is 1. The lowest BCUT2D eigenvalue weighted by atomic mass is 9.89. The fourth-order valence-electron chi connectivity index (χ4n) is 2.77. The molecule has 0 aliphatic carbocycles. The van der Waals surface area contributed by atoms with Crippen LogP contribution in [-0.2, 0) is 11.2 Å². The molecule has 0 aliphatic heterocycles. The molecule has 0 heterocycles. The molecular weight excluding hydrogens is 272 g/mol. The highest BCUT2D eigenvalue weighted by atomic mass is 16.4. The average molecular weight is 296 g/mol. The topological polar surface area (TPSA) is 37.3 Å². The van der Waals surface area contributed by atoms with Gasteiger partial charge in [0.2, 0.25) is 0 Å². The summed E-state index contributed by atoms with van der Waals surface area (Å²) < 4.78 is 0. The van der Waals surface area contributed by atoms with Crippen molar-refractivity contribution >= 4 is 5.97 Å². The van der Waals surface area contributed by atoms with Gasteiger partial charge in [-0.1, -0.05) is 67.6 Å². The zero-order chi connectivity index (χ0) is 15.8. The summed E-state index contributed by atoms with van der Waals surface area (Å²) in [6.45, 7) is 2.22. The Hall–Kier alpha value is -2.09. The van der Waals surface area contributed by atoms with E-state index in [0.29, 0.717) is 12.3 Å². The van der Waals surface area contributed by atoms with Crippen LogP contribution >= 0.6 is 0 Å². The molecule has 2 heteroatoms. The maximum absolute atomic E-state index is 11.5. The number of aliphatic carboxylic acids is 1. The monoisotopic (exact) mass is 296 g/mol. The molecule has 2 atom stereocenters. The Bertz CT molecular complexity index is 563. The summed E-state index contributed by atoms with van der Waals surface area (Å²) in [4.78, 5) is 11.5. The Labute approximate surface area is 132 Å². The Morgan fingerprint density at radius 1 is 0.909 bits per heavy atom. The van der Waals surface area contributed by atoms with E-state index in [0.717, 1.165) is 24.8 Å². The van der Waals surface area contributed by atoms with Gasteiger partial charge in [0, 0.05) is 0 Å². The maximum atomic E-state index is 11.5. The van der Waals surface area contributed by atoms with Gasteiger partial charge in [0.15, 0.2) is 0 Å². The van der Waals surface area contributed by atoms with E-state index in [2.05, 4.69) is 31.2 Å². The lowest BCUT2D eigenvalue weighted by Crippen LogP contribution is -2.13. The lowest BCUT2D eigenvalue weighted by molar-refractivity contribution is -0.139. The van der Waals surface area contributed by atoms with Crippen LogP contribution in [0.25, 0.3) is 0 Å². The Balaban J connectivity index is 1.83. The van der Waals surface area contributed by atoms with Gasteiger partial charge in [-0.25, -0.2) is 0 Å². The van der Waals surface area contributed by atoms with Crippen LogP contribution in [0.3, 0.4) is 0 Å². The van der Waals surface area contributed by atoms with E-state index >= 15 is 0 Å². The molecule has 0 radical (unpaired) electrons. The summed E-state index contributed by atoms with van der Waals surface area (Å²) in [6, 6.07) is 20.0. The third-order valence-corrected chi connectivity index (χ3v) is 4.22. The van der Waals surface area contributed by atoms with E-state index in [-0.39, 0.29) is 5.92 Å². The molecule has 2 aromatic carbocycles. The highest BCUT2D eigenvalue weighted by molar-refractivity contribution is 5.75. The fraction of sp³-hybridized carbons (Fsp3) is 0.350. The Morgan fingerprint density at radius 2 is 1.50 bits per heavy atom. The van der Waals surface area contributed by atoms with Crippen molar-refractivity contribution in [1.29, 1.82) is 0 Å². The number of carboxylic acids is 1. The van der Waals surface area contributed by atoms with Gasteiger partial charge in [-0.15, -0.1) is 0 Å². The van der Waals surface area contributed by atoms with Crippen molar-refractivity contribution in [3.8, 4) is 0 Å². The summed E-state index contributed by atoms with van der Waals surface area (Å²) in [5, 5.41) is 9.45. The molecule has 2 nitrogen and oxygen atoms in total. The van der Waals surface area contributed by atoms with Gasteiger partial charge >= 0.3 is 5.97 Å². The van der Waals surface area contributed by atoms with Crippen molar-refractivity contribution in [2.75, 3.05) is 0 Å². The summed E-state index contributed by atoms with van der Waals surface area (Å²) in [5.41, 5.74) is 2.26. The predicted octanol–water partition coefficient (Wildman–Crippen LogP) is 4.90. The number of rotatable bonds is 8. The highest BCUT2D eigenvalue weighted by Gasteiger charge is 2.20. The van der Waals surface area contributed by atoms with E-state index in [4.69, 9.17) is 0 Å². The van der Waals surface area contributed by atoms with Crippen LogP contribution in [0.4, 0.5) is 0 Å². The fourth-order valence-corrected chi connectivity index (χ4v) is 2.77. The van der Waals surface area contributed by atoms with Crippen molar-refractivity contribution in [3.05, 3.63) is 71.8 Å². The van der Waals surface area contributed by atoms with Crippen LogP contribution < -0.4 is 0 Å². The van der Waals surface area contributed by atoms with Crippen LogP contribution in [0.2, 0.25) is 0 Å². The van der Waals surface area contributed by atoms with Crippen LogP contribution in [0, 0.1) is 5.92 Å². The van der Waals surface area contributed by atoms with E-state index in [1.54, 1.807) is 0 Å². The third kappa shape index (κ3) is 5.03. The van der Waals surface area contributed by atoms with Gasteiger partial charge in [-0.05, 0) is 42.7 Å². The van der Waals surface area contributed by atoms with Gasteiger partial charge in [0.1, 0.15) is 0 Å². The van der Waals surface area contributed by atoms with Gasteiger partial charge < -0.3 is 5.11 Å². The molecular formula is C20H24O2. The molecule has 22 heavy (non-hydrogen) atoms. The minimum atomic E-state index is -0.721. The zero-order valence-electron chi connectivity index (χ0n) is 13.1. The quantitative estimate of drug-likeness (QED) is 0.752. The molecule has 116 valence electrons. The first-order valence-electron chi connectivity index (χ1n) is 7.98. The standard InChI is InChI=1S/C20H24O2/c1-16(12-14-17-8-4-2-5-9-17)13-15-19(20(21)22)18-10-6-3-7-11-18/h2-11,16,19H,12-15H2,1H3,(H,21,22). The molecule has 0 saturated carbocycles. The van der Waals surface area contributed by atoms with Gasteiger partial charge in [-0.3, -0.25) is 4.79 Å². The SMILES string of the molecule is CC(CCc1ccccc1)CCC(C(=O)O)c1ccccc1. The first-order chi connectivity index (χ1) is 10.7. The van der Waals surface area contributed by atoms with Crippen LogP contribution in [0.15, 0.2) is 60.7 Å². The first kappa shape index (κ1) is 16.3. The van der Waals surface area contributed by atoms with Crippen molar-refractivity contribution in [2.24, 2.45) is 5.92 Å².